The molecule has 142 valence electrons. The van der Waals surface area contributed by atoms with Gasteiger partial charge in [0.15, 0.2) is 10.8 Å². The zero-order valence-electron chi connectivity index (χ0n) is 15.3. The zero-order valence-corrected chi connectivity index (χ0v) is 16.1. The van der Waals surface area contributed by atoms with Crippen molar-refractivity contribution in [2.45, 2.75) is 26.8 Å². The van der Waals surface area contributed by atoms with Gasteiger partial charge in [-0.3, -0.25) is 4.98 Å². The van der Waals surface area contributed by atoms with Gasteiger partial charge in [-0.05, 0) is 26.0 Å². The molecule has 0 saturated carbocycles. The molecular formula is C18H17ClN8O. The van der Waals surface area contributed by atoms with Crippen LogP contribution in [0.15, 0.2) is 24.5 Å². The van der Waals surface area contributed by atoms with Crippen molar-refractivity contribution in [1.29, 1.82) is 0 Å². The number of anilines is 2. The van der Waals surface area contributed by atoms with Crippen molar-refractivity contribution in [3.8, 4) is 11.6 Å². The van der Waals surface area contributed by atoms with Gasteiger partial charge in [-0.2, -0.15) is 10.1 Å². The summed E-state index contributed by atoms with van der Waals surface area (Å²) in [4.78, 5) is 13.4. The van der Waals surface area contributed by atoms with E-state index in [0.717, 1.165) is 28.9 Å². The molecule has 0 amide bonds. The molecule has 10 heteroatoms. The van der Waals surface area contributed by atoms with Gasteiger partial charge >= 0.3 is 0 Å². The maximum atomic E-state index is 6.20. The minimum absolute atomic E-state index is 0.399. The quantitative estimate of drug-likeness (QED) is 0.527. The molecule has 5 heterocycles. The molecule has 4 aromatic rings. The summed E-state index contributed by atoms with van der Waals surface area (Å²) in [6.45, 7) is 5.04. The Bertz CT molecular complexity index is 1200. The molecule has 1 aliphatic rings. The van der Waals surface area contributed by atoms with E-state index in [1.165, 1.54) is 0 Å². The van der Waals surface area contributed by atoms with Gasteiger partial charge in [0.1, 0.15) is 5.69 Å². The highest BCUT2D eigenvalue weighted by Gasteiger charge is 2.18. The number of halogens is 1. The smallest absolute Gasteiger partial charge is 0.257 e. The van der Waals surface area contributed by atoms with Crippen LogP contribution in [0, 0.1) is 13.8 Å². The first-order valence-electron chi connectivity index (χ1n) is 8.91. The number of pyridine rings is 1. The molecule has 0 spiro atoms. The van der Waals surface area contributed by atoms with Gasteiger partial charge in [-0.1, -0.05) is 11.6 Å². The highest BCUT2D eigenvalue weighted by molar-refractivity contribution is 6.34. The molecule has 0 radical (unpaired) electrons. The first kappa shape index (κ1) is 16.9. The number of hydrogen-bond donors (Lipinski definition) is 1. The molecule has 1 N–H and O–H groups in total. The molecule has 1 aliphatic heterocycles. The van der Waals surface area contributed by atoms with Crippen LogP contribution in [0.25, 0.3) is 16.7 Å². The lowest BCUT2D eigenvalue weighted by Gasteiger charge is -2.06. The monoisotopic (exact) mass is 396 g/mol. The third kappa shape index (κ3) is 2.84. The maximum absolute atomic E-state index is 6.20. The Morgan fingerprint density at radius 3 is 2.93 bits per heavy atom. The number of aromatic nitrogens is 7. The lowest BCUT2D eigenvalue weighted by atomic mass is 10.3. The number of ether oxygens (including phenoxy) is 1. The Morgan fingerprint density at radius 2 is 2.07 bits per heavy atom. The predicted molar refractivity (Wildman–Crippen MR) is 105 cm³/mol. The van der Waals surface area contributed by atoms with E-state index in [1.807, 2.05) is 32.2 Å². The number of aryl methyl sites for hydroxylation is 3. The molecule has 4 aromatic heterocycles. The van der Waals surface area contributed by atoms with Gasteiger partial charge in [-0.15, -0.1) is 5.10 Å². The Hall–Kier alpha value is -3.20. The van der Waals surface area contributed by atoms with Crippen LogP contribution in [0.2, 0.25) is 5.15 Å². The Kier molecular flexibility index (Phi) is 3.90. The molecule has 5 rings (SSSR count). The molecule has 0 saturated heterocycles. The molecule has 9 nitrogen and oxygen atoms in total. The van der Waals surface area contributed by atoms with Crippen molar-refractivity contribution in [3.63, 3.8) is 0 Å². The van der Waals surface area contributed by atoms with Gasteiger partial charge < -0.3 is 10.1 Å². The second-order valence-corrected chi connectivity index (χ2v) is 6.98. The van der Waals surface area contributed by atoms with E-state index in [2.05, 4.69) is 30.5 Å². The summed E-state index contributed by atoms with van der Waals surface area (Å²) in [5.74, 6) is 0.914. The van der Waals surface area contributed by atoms with Gasteiger partial charge in [-0.25, -0.2) is 14.3 Å². The van der Waals surface area contributed by atoms with E-state index >= 15 is 0 Å². The number of nitrogens with zero attached hydrogens (tertiary/aromatic N) is 7. The van der Waals surface area contributed by atoms with Crippen LogP contribution in [0.1, 0.15) is 17.8 Å². The summed E-state index contributed by atoms with van der Waals surface area (Å²) in [5, 5.41) is 13.3. The molecule has 28 heavy (non-hydrogen) atoms. The maximum Gasteiger partial charge on any atom is 0.257 e. The summed E-state index contributed by atoms with van der Waals surface area (Å²) in [6.07, 6.45) is 4.27. The highest BCUT2D eigenvalue weighted by Crippen LogP contribution is 2.29. The van der Waals surface area contributed by atoms with E-state index in [0.29, 0.717) is 41.5 Å². The van der Waals surface area contributed by atoms with E-state index < -0.39 is 0 Å². The summed E-state index contributed by atoms with van der Waals surface area (Å²) in [5.41, 5.74) is 4.10. The lowest BCUT2D eigenvalue weighted by Crippen LogP contribution is -2.07. The SMILES string of the molecule is Cc1ccc(-n2cc3c(n2)OCCCn2nc(Cl)c4cnc(nc42)N3)c(C)n1. The van der Waals surface area contributed by atoms with Crippen molar-refractivity contribution in [3.05, 3.63) is 41.1 Å². The summed E-state index contributed by atoms with van der Waals surface area (Å²) in [7, 11) is 0. The standard InChI is InChI=1S/C18H17ClN8O/c1-10-4-5-14(11(2)21-10)27-9-13-17(25-27)28-7-3-6-26-16-12(15(19)24-26)8-20-18(22-13)23-16/h4-5,8-9H,3,6-7H2,1-2H3,(H,20,22,23). The fourth-order valence-electron chi connectivity index (χ4n) is 3.24. The van der Waals surface area contributed by atoms with Gasteiger partial charge in [0, 0.05) is 24.9 Å². The highest BCUT2D eigenvalue weighted by atomic mass is 35.5. The molecule has 0 fully saturated rings. The molecule has 0 aromatic carbocycles. The topological polar surface area (TPSA) is 95.6 Å². The van der Waals surface area contributed by atoms with Crippen LogP contribution in [-0.4, -0.2) is 41.1 Å². The van der Waals surface area contributed by atoms with Gasteiger partial charge in [0.25, 0.3) is 5.88 Å². The number of nitrogens with one attached hydrogen (secondary N) is 1. The molecular weight excluding hydrogens is 380 g/mol. The fourth-order valence-corrected chi connectivity index (χ4v) is 3.46. The van der Waals surface area contributed by atoms with E-state index in [1.54, 1.807) is 15.6 Å². The third-order valence-corrected chi connectivity index (χ3v) is 4.85. The first-order valence-corrected chi connectivity index (χ1v) is 9.29. The summed E-state index contributed by atoms with van der Waals surface area (Å²) < 4.78 is 9.45. The van der Waals surface area contributed by atoms with Gasteiger partial charge in [0.2, 0.25) is 5.95 Å². The summed E-state index contributed by atoms with van der Waals surface area (Å²) >= 11 is 6.20. The predicted octanol–water partition coefficient (Wildman–Crippen LogP) is 3.20. The minimum Gasteiger partial charge on any atom is -0.475 e. The third-order valence-electron chi connectivity index (χ3n) is 4.57. The minimum atomic E-state index is 0.399. The zero-order chi connectivity index (χ0) is 19.3. The summed E-state index contributed by atoms with van der Waals surface area (Å²) in [6, 6.07) is 3.95. The van der Waals surface area contributed by atoms with Crippen LogP contribution >= 0.6 is 11.6 Å². The Labute approximate surface area is 165 Å². The van der Waals surface area contributed by atoms with Crippen molar-refractivity contribution < 1.29 is 4.74 Å². The first-order chi connectivity index (χ1) is 13.6. The van der Waals surface area contributed by atoms with Crippen molar-refractivity contribution >= 4 is 34.3 Å². The average molecular weight is 397 g/mol. The average Bonchev–Trinajstić information content (AvgIpc) is 3.19. The molecule has 0 unspecified atom stereocenters. The van der Waals surface area contributed by atoms with E-state index in [-0.39, 0.29) is 0 Å². The largest absolute Gasteiger partial charge is 0.475 e. The second-order valence-electron chi connectivity index (χ2n) is 6.62. The van der Waals surface area contributed by atoms with Crippen LogP contribution in [0.3, 0.4) is 0 Å². The van der Waals surface area contributed by atoms with E-state index in [4.69, 9.17) is 16.3 Å². The molecule has 0 atom stereocenters. The normalized spacial score (nSPS) is 13.7. The van der Waals surface area contributed by atoms with Crippen LogP contribution in [-0.2, 0) is 6.54 Å². The van der Waals surface area contributed by atoms with Crippen molar-refractivity contribution in [2.75, 3.05) is 11.9 Å². The number of rotatable bonds is 1. The Morgan fingerprint density at radius 1 is 1.18 bits per heavy atom. The van der Waals surface area contributed by atoms with Gasteiger partial charge in [0.05, 0.1) is 29.6 Å². The van der Waals surface area contributed by atoms with Crippen molar-refractivity contribution in [2.24, 2.45) is 0 Å². The number of fused-ring (bicyclic) bond motifs is 2. The van der Waals surface area contributed by atoms with Crippen LogP contribution in [0.5, 0.6) is 5.88 Å². The fraction of sp³-hybridized carbons (Fsp3) is 0.278. The van der Waals surface area contributed by atoms with Crippen molar-refractivity contribution in [1.82, 2.24) is 34.5 Å². The molecule has 0 aliphatic carbocycles. The molecule has 2 bridgehead atoms. The van der Waals surface area contributed by atoms with Crippen LogP contribution in [0.4, 0.5) is 11.6 Å². The van der Waals surface area contributed by atoms with E-state index in [9.17, 15) is 0 Å². The number of hydrogen-bond acceptors (Lipinski definition) is 7. The second kappa shape index (κ2) is 6.45. The van der Waals surface area contributed by atoms with Crippen LogP contribution < -0.4 is 10.1 Å². The lowest BCUT2D eigenvalue weighted by molar-refractivity contribution is 0.288. The Balaban J connectivity index is 1.59.